The first-order valence-corrected chi connectivity index (χ1v) is 5.90. The zero-order chi connectivity index (χ0) is 12.7. The number of nitrogens with zero attached hydrogens (tertiary/aromatic N) is 3. The summed E-state index contributed by atoms with van der Waals surface area (Å²) in [6, 6.07) is 7.15. The van der Waals surface area contributed by atoms with Crippen LogP contribution >= 0.6 is 15.9 Å². The Kier molecular flexibility index (Phi) is 2.59. The molecular formula is C12H6BrF2N3. The second kappa shape index (κ2) is 4.13. The van der Waals surface area contributed by atoms with Gasteiger partial charge in [-0.3, -0.25) is 0 Å². The van der Waals surface area contributed by atoms with E-state index in [9.17, 15) is 8.78 Å². The van der Waals surface area contributed by atoms with Crippen LogP contribution in [0.15, 0.2) is 41.1 Å². The molecule has 3 nitrogen and oxygen atoms in total. The van der Waals surface area contributed by atoms with Crippen molar-refractivity contribution in [3.63, 3.8) is 0 Å². The number of halogens is 3. The molecule has 2 heterocycles. The van der Waals surface area contributed by atoms with E-state index < -0.39 is 11.6 Å². The number of benzene rings is 1. The first kappa shape index (κ1) is 11.3. The van der Waals surface area contributed by atoms with E-state index in [-0.39, 0.29) is 0 Å². The van der Waals surface area contributed by atoms with Gasteiger partial charge in [-0.05, 0) is 46.3 Å². The van der Waals surface area contributed by atoms with Gasteiger partial charge in [0.1, 0.15) is 4.60 Å². The Hall–Kier alpha value is -1.82. The topological polar surface area (TPSA) is 30.2 Å². The Bertz CT molecular complexity index is 739. The van der Waals surface area contributed by atoms with Crippen LogP contribution in [0.25, 0.3) is 16.9 Å². The van der Waals surface area contributed by atoms with Gasteiger partial charge in [0.05, 0.1) is 11.9 Å². The quantitative estimate of drug-likeness (QED) is 0.689. The first-order chi connectivity index (χ1) is 8.65. The smallest absolute Gasteiger partial charge is 0.159 e. The molecule has 3 rings (SSSR count). The zero-order valence-corrected chi connectivity index (χ0v) is 10.5. The van der Waals surface area contributed by atoms with Crippen molar-refractivity contribution in [2.24, 2.45) is 0 Å². The molecule has 0 bridgehead atoms. The fourth-order valence-corrected chi connectivity index (χ4v) is 2.02. The molecule has 3 aromatic rings. The van der Waals surface area contributed by atoms with Crippen LogP contribution in [0.3, 0.4) is 0 Å². The van der Waals surface area contributed by atoms with Gasteiger partial charge in [0.2, 0.25) is 0 Å². The summed E-state index contributed by atoms with van der Waals surface area (Å²) in [5.74, 6) is -1.76. The molecule has 1 aromatic carbocycles. The molecule has 0 saturated heterocycles. The van der Waals surface area contributed by atoms with Crippen molar-refractivity contribution in [2.75, 3.05) is 0 Å². The third kappa shape index (κ3) is 1.78. The van der Waals surface area contributed by atoms with Crippen molar-refractivity contribution >= 4 is 21.6 Å². The number of hydrogen-bond acceptors (Lipinski definition) is 2. The van der Waals surface area contributed by atoms with Gasteiger partial charge in [-0.2, -0.15) is 5.10 Å². The van der Waals surface area contributed by atoms with Crippen LogP contribution in [-0.4, -0.2) is 14.6 Å². The highest BCUT2D eigenvalue weighted by Crippen LogP contribution is 2.21. The fraction of sp³-hybridized carbons (Fsp3) is 0. The molecule has 0 amide bonds. The van der Waals surface area contributed by atoms with E-state index in [0.717, 1.165) is 12.1 Å². The summed E-state index contributed by atoms with van der Waals surface area (Å²) in [4.78, 5) is 4.10. The predicted octanol–water partition coefficient (Wildman–Crippen LogP) is 3.44. The van der Waals surface area contributed by atoms with Crippen molar-refractivity contribution in [2.45, 2.75) is 0 Å². The summed E-state index contributed by atoms with van der Waals surface area (Å²) >= 11 is 3.30. The molecule has 90 valence electrons. The van der Waals surface area contributed by atoms with Crippen LogP contribution in [0, 0.1) is 11.6 Å². The van der Waals surface area contributed by atoms with Gasteiger partial charge >= 0.3 is 0 Å². The standard InChI is InChI=1S/C12H6BrF2N3/c13-11-6-16-12-4-3-10(17-18(11)12)7-1-2-8(14)9(15)5-7/h1-6H. The number of aromatic nitrogens is 3. The third-order valence-electron chi connectivity index (χ3n) is 2.54. The maximum Gasteiger partial charge on any atom is 0.159 e. The number of hydrogen-bond donors (Lipinski definition) is 0. The highest BCUT2D eigenvalue weighted by Gasteiger charge is 2.08. The first-order valence-electron chi connectivity index (χ1n) is 5.11. The maximum atomic E-state index is 13.2. The lowest BCUT2D eigenvalue weighted by Gasteiger charge is -2.02. The van der Waals surface area contributed by atoms with Crippen molar-refractivity contribution in [1.29, 1.82) is 0 Å². The summed E-state index contributed by atoms with van der Waals surface area (Å²) < 4.78 is 28.3. The average molecular weight is 310 g/mol. The summed E-state index contributed by atoms with van der Waals surface area (Å²) in [7, 11) is 0. The van der Waals surface area contributed by atoms with Crippen molar-refractivity contribution < 1.29 is 8.78 Å². The molecule has 0 aliphatic rings. The van der Waals surface area contributed by atoms with Crippen molar-refractivity contribution in [3.05, 3.63) is 52.8 Å². The summed E-state index contributed by atoms with van der Waals surface area (Å²) in [5, 5.41) is 4.29. The van der Waals surface area contributed by atoms with Gasteiger partial charge in [-0.25, -0.2) is 18.3 Å². The average Bonchev–Trinajstić information content (AvgIpc) is 2.74. The van der Waals surface area contributed by atoms with Gasteiger partial charge < -0.3 is 0 Å². The number of imidazole rings is 1. The van der Waals surface area contributed by atoms with Crippen LogP contribution in [0.5, 0.6) is 0 Å². The maximum absolute atomic E-state index is 13.2. The van der Waals surface area contributed by atoms with E-state index in [1.165, 1.54) is 6.07 Å². The monoisotopic (exact) mass is 309 g/mol. The second-order valence-electron chi connectivity index (χ2n) is 3.70. The van der Waals surface area contributed by atoms with Crippen molar-refractivity contribution in [3.8, 4) is 11.3 Å². The lowest BCUT2D eigenvalue weighted by molar-refractivity contribution is 0.509. The van der Waals surface area contributed by atoms with Gasteiger partial charge in [0.25, 0.3) is 0 Å². The van der Waals surface area contributed by atoms with E-state index in [1.807, 2.05) is 0 Å². The largest absolute Gasteiger partial charge is 0.234 e. The fourth-order valence-electron chi connectivity index (χ4n) is 1.65. The van der Waals surface area contributed by atoms with Gasteiger partial charge in [-0.15, -0.1) is 0 Å². The Balaban J connectivity index is 2.18. The molecule has 0 spiro atoms. The van der Waals surface area contributed by atoms with E-state index in [0.29, 0.717) is 21.5 Å². The highest BCUT2D eigenvalue weighted by atomic mass is 79.9. The number of rotatable bonds is 1. The third-order valence-corrected chi connectivity index (χ3v) is 3.08. The molecule has 2 aromatic heterocycles. The van der Waals surface area contributed by atoms with Crippen LogP contribution in [-0.2, 0) is 0 Å². The molecule has 0 radical (unpaired) electrons. The molecule has 18 heavy (non-hydrogen) atoms. The molecule has 6 heteroatoms. The molecule has 0 N–H and O–H groups in total. The highest BCUT2D eigenvalue weighted by molar-refractivity contribution is 9.10. The summed E-state index contributed by atoms with van der Waals surface area (Å²) in [6.45, 7) is 0. The Morgan fingerprint density at radius 3 is 2.67 bits per heavy atom. The zero-order valence-electron chi connectivity index (χ0n) is 8.94. The lowest BCUT2D eigenvalue weighted by atomic mass is 10.1. The van der Waals surface area contributed by atoms with Gasteiger partial charge in [0.15, 0.2) is 17.3 Å². The predicted molar refractivity (Wildman–Crippen MR) is 66.0 cm³/mol. The summed E-state index contributed by atoms with van der Waals surface area (Å²) in [5.41, 5.74) is 1.73. The van der Waals surface area contributed by atoms with E-state index in [4.69, 9.17) is 0 Å². The van der Waals surface area contributed by atoms with E-state index in [1.54, 1.807) is 22.8 Å². The minimum absolute atomic E-state index is 0.511. The molecule has 0 aliphatic carbocycles. The van der Waals surface area contributed by atoms with Crippen LogP contribution in [0.2, 0.25) is 0 Å². The van der Waals surface area contributed by atoms with E-state index >= 15 is 0 Å². The number of fused-ring (bicyclic) bond motifs is 1. The Morgan fingerprint density at radius 1 is 1.06 bits per heavy atom. The minimum Gasteiger partial charge on any atom is -0.234 e. The second-order valence-corrected chi connectivity index (χ2v) is 4.51. The molecule has 0 unspecified atom stereocenters. The SMILES string of the molecule is Fc1ccc(-c2ccc3ncc(Br)n3n2)cc1F. The Morgan fingerprint density at radius 2 is 1.89 bits per heavy atom. The normalized spacial score (nSPS) is 11.1. The van der Waals surface area contributed by atoms with Crippen molar-refractivity contribution in [1.82, 2.24) is 14.6 Å². The molecule has 0 atom stereocenters. The van der Waals surface area contributed by atoms with Crippen LogP contribution in [0.4, 0.5) is 8.78 Å². The molecule has 0 aliphatic heterocycles. The summed E-state index contributed by atoms with van der Waals surface area (Å²) in [6.07, 6.45) is 1.62. The van der Waals surface area contributed by atoms with Crippen LogP contribution in [0.1, 0.15) is 0 Å². The van der Waals surface area contributed by atoms with Gasteiger partial charge in [-0.1, -0.05) is 0 Å². The molecule has 0 fully saturated rings. The minimum atomic E-state index is -0.890. The van der Waals surface area contributed by atoms with E-state index in [2.05, 4.69) is 26.0 Å². The van der Waals surface area contributed by atoms with Gasteiger partial charge in [0, 0.05) is 5.56 Å². The lowest BCUT2D eigenvalue weighted by Crippen LogP contribution is -1.95. The van der Waals surface area contributed by atoms with Crippen LogP contribution < -0.4 is 0 Å². The molecular weight excluding hydrogens is 304 g/mol. The Labute approximate surface area is 109 Å². The molecule has 0 saturated carbocycles.